The lowest BCUT2D eigenvalue weighted by atomic mass is 10.1. The number of hydrogen-bond donors (Lipinski definition) is 1. The van der Waals surface area contributed by atoms with Gasteiger partial charge in [-0.05, 0) is 24.1 Å². The van der Waals surface area contributed by atoms with E-state index in [1.165, 1.54) is 24.3 Å². The highest BCUT2D eigenvalue weighted by Crippen LogP contribution is 2.28. The average molecular weight is 282 g/mol. The summed E-state index contributed by atoms with van der Waals surface area (Å²) in [5.41, 5.74) is 0.169. The van der Waals surface area contributed by atoms with Crippen molar-refractivity contribution >= 4 is 9.84 Å². The predicted molar refractivity (Wildman–Crippen MR) is 59.8 cm³/mol. The van der Waals surface area contributed by atoms with Crippen molar-refractivity contribution in [1.82, 2.24) is 0 Å². The highest BCUT2D eigenvalue weighted by atomic mass is 32.2. The standard InChI is InChI=1S/C11H13F3O3S/c1-18(16,17)9-4-2-3-8(7-9)10(15)5-6-11(12,13)14/h2-4,7,10,15H,5-6H2,1H3. The number of sulfone groups is 1. The van der Waals surface area contributed by atoms with Gasteiger partial charge in [0.15, 0.2) is 9.84 Å². The van der Waals surface area contributed by atoms with Gasteiger partial charge in [-0.3, -0.25) is 0 Å². The molecule has 7 heteroatoms. The average Bonchev–Trinajstić information content (AvgIpc) is 2.24. The first kappa shape index (κ1) is 15.0. The van der Waals surface area contributed by atoms with E-state index in [4.69, 9.17) is 0 Å². The van der Waals surface area contributed by atoms with E-state index >= 15 is 0 Å². The van der Waals surface area contributed by atoms with Gasteiger partial charge in [-0.1, -0.05) is 12.1 Å². The molecule has 1 aromatic carbocycles. The molecule has 1 atom stereocenters. The maximum absolute atomic E-state index is 12.0. The molecule has 3 nitrogen and oxygen atoms in total. The van der Waals surface area contributed by atoms with Gasteiger partial charge in [-0.2, -0.15) is 13.2 Å². The van der Waals surface area contributed by atoms with Crippen molar-refractivity contribution in [1.29, 1.82) is 0 Å². The number of hydrogen-bond acceptors (Lipinski definition) is 3. The van der Waals surface area contributed by atoms with E-state index in [-0.39, 0.29) is 10.5 Å². The lowest BCUT2D eigenvalue weighted by Crippen LogP contribution is -2.10. The monoisotopic (exact) mass is 282 g/mol. The number of aliphatic hydroxyl groups is 1. The Hall–Kier alpha value is -1.08. The van der Waals surface area contributed by atoms with E-state index in [9.17, 15) is 26.7 Å². The predicted octanol–water partition coefficient (Wildman–Crippen LogP) is 2.47. The summed E-state index contributed by atoms with van der Waals surface area (Å²) in [6, 6.07) is 5.31. The molecule has 1 aromatic rings. The fraction of sp³-hybridized carbons (Fsp3) is 0.455. The molecule has 0 heterocycles. The van der Waals surface area contributed by atoms with E-state index in [0.29, 0.717) is 0 Å². The minimum atomic E-state index is -4.34. The van der Waals surface area contributed by atoms with Gasteiger partial charge < -0.3 is 5.11 Å². The Balaban J connectivity index is 2.84. The second kappa shape index (κ2) is 5.27. The van der Waals surface area contributed by atoms with Crippen molar-refractivity contribution in [3.8, 4) is 0 Å². The van der Waals surface area contributed by atoms with E-state index in [0.717, 1.165) is 6.26 Å². The van der Waals surface area contributed by atoms with E-state index < -0.39 is 35.0 Å². The highest BCUT2D eigenvalue weighted by Gasteiger charge is 2.28. The maximum Gasteiger partial charge on any atom is 0.389 e. The van der Waals surface area contributed by atoms with Crippen LogP contribution in [0, 0.1) is 0 Å². The van der Waals surface area contributed by atoms with Gasteiger partial charge >= 0.3 is 6.18 Å². The highest BCUT2D eigenvalue weighted by molar-refractivity contribution is 7.90. The molecular formula is C11H13F3O3S. The molecule has 0 aliphatic rings. The summed E-state index contributed by atoms with van der Waals surface area (Å²) in [4.78, 5) is -0.0222. The summed E-state index contributed by atoms with van der Waals surface area (Å²) in [5.74, 6) is 0. The summed E-state index contributed by atoms with van der Waals surface area (Å²) in [5, 5.41) is 9.58. The van der Waals surface area contributed by atoms with Crippen LogP contribution in [-0.2, 0) is 9.84 Å². The van der Waals surface area contributed by atoms with Crippen LogP contribution >= 0.6 is 0 Å². The van der Waals surface area contributed by atoms with Crippen LogP contribution in [0.2, 0.25) is 0 Å². The Morgan fingerprint density at radius 1 is 1.33 bits per heavy atom. The molecule has 1 N–H and O–H groups in total. The van der Waals surface area contributed by atoms with Crippen molar-refractivity contribution in [2.75, 3.05) is 6.26 Å². The van der Waals surface area contributed by atoms with Crippen LogP contribution in [0.15, 0.2) is 29.2 Å². The zero-order chi connectivity index (χ0) is 14.0. The molecule has 1 rings (SSSR count). The van der Waals surface area contributed by atoms with Gasteiger partial charge in [0.25, 0.3) is 0 Å². The van der Waals surface area contributed by atoms with Gasteiger partial charge in [-0.25, -0.2) is 8.42 Å². The van der Waals surface area contributed by atoms with E-state index in [1.54, 1.807) is 0 Å². The number of alkyl halides is 3. The van der Waals surface area contributed by atoms with Gasteiger partial charge in [0.05, 0.1) is 11.0 Å². The largest absolute Gasteiger partial charge is 0.389 e. The molecule has 0 amide bonds. The van der Waals surface area contributed by atoms with Crippen molar-refractivity contribution in [2.24, 2.45) is 0 Å². The molecule has 1 unspecified atom stereocenters. The molecule has 0 radical (unpaired) electrons. The molecule has 18 heavy (non-hydrogen) atoms. The second-order valence-corrected chi connectivity index (χ2v) is 6.03. The smallest absolute Gasteiger partial charge is 0.388 e. The fourth-order valence-electron chi connectivity index (χ4n) is 1.42. The summed E-state index contributed by atoms with van der Waals surface area (Å²) in [6.07, 6.45) is -6.27. The van der Waals surface area contributed by atoms with Crippen LogP contribution in [0.1, 0.15) is 24.5 Å². The fourth-order valence-corrected chi connectivity index (χ4v) is 2.10. The molecule has 0 saturated carbocycles. The summed E-state index contributed by atoms with van der Waals surface area (Å²) >= 11 is 0. The topological polar surface area (TPSA) is 54.4 Å². The molecule has 102 valence electrons. The third-order valence-electron chi connectivity index (χ3n) is 2.37. The zero-order valence-corrected chi connectivity index (χ0v) is 10.4. The van der Waals surface area contributed by atoms with Gasteiger partial charge in [-0.15, -0.1) is 0 Å². The molecule has 0 fully saturated rings. The van der Waals surface area contributed by atoms with Crippen LogP contribution in [0.3, 0.4) is 0 Å². The van der Waals surface area contributed by atoms with Crippen molar-refractivity contribution < 1.29 is 26.7 Å². The minimum absolute atomic E-state index is 0.0222. The number of aliphatic hydroxyl groups excluding tert-OH is 1. The molecule has 0 aromatic heterocycles. The molecule has 0 bridgehead atoms. The molecule has 0 aliphatic carbocycles. The van der Waals surface area contributed by atoms with Crippen LogP contribution in [0.4, 0.5) is 13.2 Å². The van der Waals surface area contributed by atoms with Crippen molar-refractivity contribution in [2.45, 2.75) is 30.0 Å². The number of rotatable bonds is 4. The van der Waals surface area contributed by atoms with E-state index in [2.05, 4.69) is 0 Å². The Bertz CT molecular complexity index is 509. The zero-order valence-electron chi connectivity index (χ0n) is 9.61. The van der Waals surface area contributed by atoms with Gasteiger partial charge in [0, 0.05) is 12.7 Å². The third-order valence-corrected chi connectivity index (χ3v) is 3.48. The SMILES string of the molecule is CS(=O)(=O)c1cccc(C(O)CCC(F)(F)F)c1. The number of halogens is 3. The lowest BCUT2D eigenvalue weighted by molar-refractivity contribution is -0.140. The molecule has 0 spiro atoms. The Morgan fingerprint density at radius 2 is 1.94 bits per heavy atom. The minimum Gasteiger partial charge on any atom is -0.388 e. The van der Waals surface area contributed by atoms with Crippen molar-refractivity contribution in [3.05, 3.63) is 29.8 Å². The molecule has 0 saturated heterocycles. The quantitative estimate of drug-likeness (QED) is 0.923. The van der Waals surface area contributed by atoms with E-state index in [1.807, 2.05) is 0 Å². The first-order chi connectivity index (χ1) is 8.09. The summed E-state index contributed by atoms with van der Waals surface area (Å²) in [6.45, 7) is 0. The van der Waals surface area contributed by atoms with Crippen LogP contribution in [0.5, 0.6) is 0 Å². The Morgan fingerprint density at radius 3 is 2.44 bits per heavy atom. The lowest BCUT2D eigenvalue weighted by Gasteiger charge is -2.13. The van der Waals surface area contributed by atoms with Gasteiger partial charge in [0.2, 0.25) is 0 Å². The molecule has 0 aliphatic heterocycles. The summed E-state index contributed by atoms with van der Waals surface area (Å²) in [7, 11) is -3.44. The van der Waals surface area contributed by atoms with Crippen LogP contribution < -0.4 is 0 Å². The Labute approximate surface area is 103 Å². The normalized spacial score (nSPS) is 14.5. The first-order valence-corrected chi connectivity index (χ1v) is 7.03. The van der Waals surface area contributed by atoms with Crippen LogP contribution in [-0.4, -0.2) is 26.0 Å². The third kappa shape index (κ3) is 4.66. The molecular weight excluding hydrogens is 269 g/mol. The van der Waals surface area contributed by atoms with Crippen molar-refractivity contribution in [3.63, 3.8) is 0 Å². The first-order valence-electron chi connectivity index (χ1n) is 5.14. The maximum atomic E-state index is 12.0. The summed E-state index contributed by atoms with van der Waals surface area (Å²) < 4.78 is 58.5. The number of benzene rings is 1. The van der Waals surface area contributed by atoms with Gasteiger partial charge in [0.1, 0.15) is 0 Å². The Kier molecular flexibility index (Phi) is 4.39. The van der Waals surface area contributed by atoms with Crippen LogP contribution in [0.25, 0.3) is 0 Å². The second-order valence-electron chi connectivity index (χ2n) is 4.01.